The number of hydrogen-bond acceptors (Lipinski definition) is 3. The largest absolute Gasteiger partial charge is 0.355 e. The van der Waals surface area contributed by atoms with Crippen molar-refractivity contribution in [2.24, 2.45) is 0 Å². The standard InChI is InChI=1S/C21H26FN3O/c22-20-8-6-18(7-9-20)16-21(26)23-10-11-24-12-14-25(15-13-24)17-19-4-2-1-3-5-19/h1-9H,10-17H2,(H,23,26). The molecule has 0 spiro atoms. The average molecular weight is 355 g/mol. The van der Waals surface area contributed by atoms with Gasteiger partial charge in [-0.2, -0.15) is 0 Å². The van der Waals surface area contributed by atoms with Crippen LogP contribution in [0.2, 0.25) is 0 Å². The van der Waals surface area contributed by atoms with E-state index in [1.54, 1.807) is 12.1 Å². The van der Waals surface area contributed by atoms with E-state index >= 15 is 0 Å². The van der Waals surface area contributed by atoms with E-state index in [9.17, 15) is 9.18 Å². The molecule has 0 saturated carbocycles. The third kappa shape index (κ3) is 5.93. The molecule has 0 aromatic heterocycles. The fraction of sp³-hybridized carbons (Fsp3) is 0.381. The summed E-state index contributed by atoms with van der Waals surface area (Å²) in [7, 11) is 0. The number of rotatable bonds is 7. The highest BCUT2D eigenvalue weighted by molar-refractivity contribution is 5.78. The Morgan fingerprint density at radius 3 is 2.23 bits per heavy atom. The molecule has 0 aliphatic carbocycles. The molecule has 1 amide bonds. The van der Waals surface area contributed by atoms with Crippen LogP contribution in [0.25, 0.3) is 0 Å². The van der Waals surface area contributed by atoms with Gasteiger partial charge in [-0.1, -0.05) is 42.5 Å². The molecule has 1 fully saturated rings. The van der Waals surface area contributed by atoms with E-state index in [1.807, 2.05) is 6.07 Å². The first-order valence-electron chi connectivity index (χ1n) is 9.19. The normalized spacial score (nSPS) is 15.7. The molecule has 0 bridgehead atoms. The second-order valence-electron chi connectivity index (χ2n) is 6.76. The van der Waals surface area contributed by atoms with Gasteiger partial charge in [0.25, 0.3) is 0 Å². The number of carbonyl (C=O) groups is 1. The SMILES string of the molecule is O=C(Cc1ccc(F)cc1)NCCN1CCN(Cc2ccccc2)CC1. The van der Waals surface area contributed by atoms with Crippen molar-refractivity contribution in [3.05, 3.63) is 71.5 Å². The molecule has 26 heavy (non-hydrogen) atoms. The van der Waals surface area contributed by atoms with E-state index < -0.39 is 0 Å². The summed E-state index contributed by atoms with van der Waals surface area (Å²) in [5.74, 6) is -0.292. The van der Waals surface area contributed by atoms with Crippen LogP contribution in [0.1, 0.15) is 11.1 Å². The maximum absolute atomic E-state index is 12.9. The molecule has 1 aliphatic heterocycles. The van der Waals surface area contributed by atoms with Crippen LogP contribution in [0, 0.1) is 5.82 Å². The second-order valence-corrected chi connectivity index (χ2v) is 6.76. The van der Waals surface area contributed by atoms with Gasteiger partial charge in [0.05, 0.1) is 6.42 Å². The van der Waals surface area contributed by atoms with Crippen LogP contribution in [0.3, 0.4) is 0 Å². The number of hydrogen-bond donors (Lipinski definition) is 1. The van der Waals surface area contributed by atoms with Gasteiger partial charge in [-0.3, -0.25) is 14.6 Å². The predicted molar refractivity (Wildman–Crippen MR) is 101 cm³/mol. The van der Waals surface area contributed by atoms with Gasteiger partial charge in [0.2, 0.25) is 5.91 Å². The van der Waals surface area contributed by atoms with E-state index in [1.165, 1.54) is 17.7 Å². The number of halogens is 1. The smallest absolute Gasteiger partial charge is 0.224 e. The monoisotopic (exact) mass is 355 g/mol. The van der Waals surface area contributed by atoms with E-state index in [0.29, 0.717) is 13.0 Å². The summed E-state index contributed by atoms with van der Waals surface area (Å²) in [5.41, 5.74) is 2.19. The lowest BCUT2D eigenvalue weighted by molar-refractivity contribution is -0.120. The summed E-state index contributed by atoms with van der Waals surface area (Å²) in [6.07, 6.45) is 0.297. The molecule has 0 unspecified atom stereocenters. The number of carbonyl (C=O) groups excluding carboxylic acids is 1. The summed E-state index contributed by atoms with van der Waals surface area (Å²) in [5, 5.41) is 2.96. The zero-order chi connectivity index (χ0) is 18.2. The Hall–Kier alpha value is -2.24. The van der Waals surface area contributed by atoms with E-state index in [-0.39, 0.29) is 11.7 Å². The number of amides is 1. The minimum Gasteiger partial charge on any atom is -0.355 e. The molecule has 1 aliphatic rings. The first kappa shape index (κ1) is 18.5. The van der Waals surface area contributed by atoms with Gasteiger partial charge in [-0.05, 0) is 23.3 Å². The van der Waals surface area contributed by atoms with Crippen molar-refractivity contribution in [3.63, 3.8) is 0 Å². The van der Waals surface area contributed by atoms with Gasteiger partial charge < -0.3 is 5.32 Å². The lowest BCUT2D eigenvalue weighted by atomic mass is 10.1. The Kier molecular flexibility index (Phi) is 6.75. The van der Waals surface area contributed by atoms with E-state index in [2.05, 4.69) is 39.4 Å². The summed E-state index contributed by atoms with van der Waals surface area (Å²) in [4.78, 5) is 16.8. The van der Waals surface area contributed by atoms with Crippen molar-refractivity contribution in [1.29, 1.82) is 0 Å². The molecule has 3 rings (SSSR count). The molecule has 0 atom stereocenters. The summed E-state index contributed by atoms with van der Waals surface area (Å²) >= 11 is 0. The van der Waals surface area contributed by atoms with E-state index in [4.69, 9.17) is 0 Å². The summed E-state index contributed by atoms with van der Waals surface area (Å²) in [6, 6.07) is 16.6. The first-order chi connectivity index (χ1) is 12.7. The Balaban J connectivity index is 1.31. The van der Waals surface area contributed by atoms with Gasteiger partial charge in [0.1, 0.15) is 5.82 Å². The number of piperazine rings is 1. The number of benzene rings is 2. The zero-order valence-corrected chi connectivity index (χ0v) is 15.0. The highest BCUT2D eigenvalue weighted by Crippen LogP contribution is 2.08. The van der Waals surface area contributed by atoms with Crippen LogP contribution in [0.4, 0.5) is 4.39 Å². The van der Waals surface area contributed by atoms with Crippen LogP contribution >= 0.6 is 0 Å². The van der Waals surface area contributed by atoms with Crippen molar-refractivity contribution in [1.82, 2.24) is 15.1 Å². The van der Waals surface area contributed by atoms with Gasteiger partial charge >= 0.3 is 0 Å². The third-order valence-corrected chi connectivity index (χ3v) is 4.74. The lowest BCUT2D eigenvalue weighted by Gasteiger charge is -2.34. The van der Waals surface area contributed by atoms with Crippen molar-refractivity contribution in [2.75, 3.05) is 39.3 Å². The van der Waals surface area contributed by atoms with Crippen LogP contribution in [0.15, 0.2) is 54.6 Å². The molecular weight excluding hydrogens is 329 g/mol. The van der Waals surface area contributed by atoms with Gasteiger partial charge in [-0.25, -0.2) is 4.39 Å². The average Bonchev–Trinajstić information content (AvgIpc) is 2.66. The van der Waals surface area contributed by atoms with Crippen LogP contribution < -0.4 is 5.32 Å². The lowest BCUT2D eigenvalue weighted by Crippen LogP contribution is -2.48. The minimum absolute atomic E-state index is 0.0145. The summed E-state index contributed by atoms with van der Waals surface area (Å²) in [6.45, 7) is 6.69. The Morgan fingerprint density at radius 1 is 0.885 bits per heavy atom. The molecule has 0 radical (unpaired) electrons. The maximum atomic E-state index is 12.9. The van der Waals surface area contributed by atoms with Gasteiger partial charge in [0.15, 0.2) is 0 Å². The van der Waals surface area contributed by atoms with Crippen molar-refractivity contribution >= 4 is 5.91 Å². The molecule has 2 aromatic rings. The maximum Gasteiger partial charge on any atom is 0.224 e. The fourth-order valence-corrected chi connectivity index (χ4v) is 3.22. The van der Waals surface area contributed by atoms with Crippen LogP contribution in [-0.4, -0.2) is 55.0 Å². The molecular formula is C21H26FN3O. The third-order valence-electron chi connectivity index (χ3n) is 4.74. The molecule has 138 valence electrons. The van der Waals surface area contributed by atoms with E-state index in [0.717, 1.165) is 44.8 Å². The van der Waals surface area contributed by atoms with Crippen molar-refractivity contribution < 1.29 is 9.18 Å². The second kappa shape index (κ2) is 9.46. The predicted octanol–water partition coefficient (Wildman–Crippen LogP) is 2.30. The van der Waals surface area contributed by atoms with Crippen LogP contribution in [0.5, 0.6) is 0 Å². The molecule has 2 aromatic carbocycles. The Labute approximate surface area is 154 Å². The zero-order valence-electron chi connectivity index (χ0n) is 15.0. The molecule has 1 N–H and O–H groups in total. The minimum atomic E-state index is -0.277. The number of nitrogens with zero attached hydrogens (tertiary/aromatic N) is 2. The fourth-order valence-electron chi connectivity index (χ4n) is 3.22. The Bertz CT molecular complexity index is 682. The Morgan fingerprint density at radius 2 is 1.54 bits per heavy atom. The molecule has 4 nitrogen and oxygen atoms in total. The first-order valence-corrected chi connectivity index (χ1v) is 9.19. The number of nitrogens with one attached hydrogen (secondary N) is 1. The topological polar surface area (TPSA) is 35.6 Å². The molecule has 1 saturated heterocycles. The van der Waals surface area contributed by atoms with Crippen molar-refractivity contribution in [2.45, 2.75) is 13.0 Å². The van der Waals surface area contributed by atoms with Gasteiger partial charge in [0, 0.05) is 45.8 Å². The van der Waals surface area contributed by atoms with Crippen molar-refractivity contribution in [3.8, 4) is 0 Å². The molecule has 5 heteroatoms. The highest BCUT2D eigenvalue weighted by Gasteiger charge is 2.16. The highest BCUT2D eigenvalue weighted by atomic mass is 19.1. The summed E-state index contributed by atoms with van der Waals surface area (Å²) < 4.78 is 12.9. The quantitative estimate of drug-likeness (QED) is 0.828. The van der Waals surface area contributed by atoms with Gasteiger partial charge in [-0.15, -0.1) is 0 Å². The van der Waals surface area contributed by atoms with Crippen LogP contribution in [-0.2, 0) is 17.8 Å². The molecule has 1 heterocycles.